The van der Waals surface area contributed by atoms with Crippen LogP contribution in [0.5, 0.6) is 0 Å². The number of ketones is 1. The van der Waals surface area contributed by atoms with Crippen molar-refractivity contribution in [2.24, 2.45) is 5.73 Å². The molecule has 4 nitrogen and oxygen atoms in total. The van der Waals surface area contributed by atoms with Crippen molar-refractivity contribution >= 4 is 33.3 Å². The zero-order chi connectivity index (χ0) is 11.0. The molecule has 1 aliphatic rings. The third-order valence-corrected chi connectivity index (χ3v) is 2.78. The van der Waals surface area contributed by atoms with Gasteiger partial charge in [0, 0.05) is 17.6 Å². The first-order valence-electron chi connectivity index (χ1n) is 4.51. The van der Waals surface area contributed by atoms with Gasteiger partial charge in [-0.2, -0.15) is 0 Å². The molecule has 0 radical (unpaired) electrons. The van der Waals surface area contributed by atoms with Gasteiger partial charge >= 0.3 is 0 Å². The lowest BCUT2D eigenvalue weighted by molar-refractivity contribution is -0.114. The standard InChI is InChI=1S/C10H9BrN2O2/c11-6-1-2-7-8(5-6)13(4-3-12)10(15)9(7)14/h1-2,5H,3-4,12H2. The number of carbonyl (C=O) groups excluding carboxylic acids is 2. The average molecular weight is 269 g/mol. The largest absolute Gasteiger partial charge is 0.329 e. The molecule has 1 amide bonds. The number of halogens is 1. The topological polar surface area (TPSA) is 63.4 Å². The fourth-order valence-electron chi connectivity index (χ4n) is 1.62. The number of nitrogens with two attached hydrogens (primary N) is 1. The lowest BCUT2D eigenvalue weighted by Crippen LogP contribution is -2.34. The summed E-state index contributed by atoms with van der Waals surface area (Å²) in [7, 11) is 0. The van der Waals surface area contributed by atoms with Crippen LogP contribution in [-0.4, -0.2) is 24.8 Å². The van der Waals surface area contributed by atoms with Gasteiger partial charge < -0.3 is 10.6 Å². The molecule has 2 N–H and O–H groups in total. The van der Waals surface area contributed by atoms with Crippen LogP contribution < -0.4 is 10.6 Å². The van der Waals surface area contributed by atoms with Crippen LogP contribution in [0, 0.1) is 0 Å². The van der Waals surface area contributed by atoms with E-state index < -0.39 is 11.7 Å². The molecule has 2 rings (SSSR count). The molecular formula is C10H9BrN2O2. The molecule has 78 valence electrons. The second-order valence-electron chi connectivity index (χ2n) is 3.24. The average Bonchev–Trinajstić information content (AvgIpc) is 2.44. The van der Waals surface area contributed by atoms with E-state index in [9.17, 15) is 9.59 Å². The van der Waals surface area contributed by atoms with Crippen molar-refractivity contribution < 1.29 is 9.59 Å². The molecule has 1 aliphatic heterocycles. The lowest BCUT2D eigenvalue weighted by Gasteiger charge is -2.14. The van der Waals surface area contributed by atoms with Gasteiger partial charge in [0.25, 0.3) is 11.7 Å². The Morgan fingerprint density at radius 2 is 2.07 bits per heavy atom. The maximum Gasteiger partial charge on any atom is 0.299 e. The van der Waals surface area contributed by atoms with Crippen LogP contribution in [-0.2, 0) is 4.79 Å². The van der Waals surface area contributed by atoms with E-state index in [1.165, 1.54) is 4.90 Å². The van der Waals surface area contributed by atoms with Crippen molar-refractivity contribution in [3.8, 4) is 0 Å². The lowest BCUT2D eigenvalue weighted by atomic mass is 10.1. The molecule has 5 heteroatoms. The summed E-state index contributed by atoms with van der Waals surface area (Å²) in [6.07, 6.45) is 0. The number of nitrogens with zero attached hydrogens (tertiary/aromatic N) is 1. The number of benzene rings is 1. The van der Waals surface area contributed by atoms with Gasteiger partial charge in [0.1, 0.15) is 0 Å². The summed E-state index contributed by atoms with van der Waals surface area (Å²) in [4.78, 5) is 24.5. The van der Waals surface area contributed by atoms with Crippen molar-refractivity contribution in [1.82, 2.24) is 0 Å². The molecule has 0 unspecified atom stereocenters. The van der Waals surface area contributed by atoms with E-state index >= 15 is 0 Å². The van der Waals surface area contributed by atoms with Gasteiger partial charge in [-0.05, 0) is 18.2 Å². The smallest absolute Gasteiger partial charge is 0.299 e. The maximum atomic E-state index is 11.6. The number of hydrogen-bond acceptors (Lipinski definition) is 3. The Bertz CT molecular complexity index is 445. The van der Waals surface area contributed by atoms with Gasteiger partial charge in [0.2, 0.25) is 0 Å². The van der Waals surface area contributed by atoms with E-state index in [4.69, 9.17) is 5.73 Å². The van der Waals surface area contributed by atoms with E-state index in [1.54, 1.807) is 18.2 Å². The zero-order valence-electron chi connectivity index (χ0n) is 7.87. The van der Waals surface area contributed by atoms with Gasteiger partial charge in [-0.15, -0.1) is 0 Å². The third kappa shape index (κ3) is 1.57. The minimum absolute atomic E-state index is 0.338. The normalized spacial score (nSPS) is 14.7. The van der Waals surface area contributed by atoms with Crippen molar-refractivity contribution in [2.45, 2.75) is 0 Å². The van der Waals surface area contributed by atoms with Gasteiger partial charge in [0.05, 0.1) is 11.3 Å². The first-order valence-corrected chi connectivity index (χ1v) is 5.30. The van der Waals surface area contributed by atoms with E-state index in [0.717, 1.165) is 4.47 Å². The van der Waals surface area contributed by atoms with Crippen LogP contribution >= 0.6 is 15.9 Å². The molecule has 0 saturated carbocycles. The number of amides is 1. The van der Waals surface area contributed by atoms with Crippen LogP contribution in [0.25, 0.3) is 0 Å². The van der Waals surface area contributed by atoms with Crippen LogP contribution in [0.3, 0.4) is 0 Å². The number of fused-ring (bicyclic) bond motifs is 1. The molecule has 0 aromatic heterocycles. The fraction of sp³-hybridized carbons (Fsp3) is 0.200. The molecule has 1 aromatic carbocycles. The Morgan fingerprint density at radius 3 is 2.73 bits per heavy atom. The van der Waals surface area contributed by atoms with Gasteiger partial charge in [-0.1, -0.05) is 15.9 Å². The Labute approximate surface area is 95.2 Å². The third-order valence-electron chi connectivity index (χ3n) is 2.29. The second kappa shape index (κ2) is 3.75. The molecule has 1 aromatic rings. The Morgan fingerprint density at radius 1 is 1.33 bits per heavy atom. The van der Waals surface area contributed by atoms with Crippen molar-refractivity contribution in [3.05, 3.63) is 28.2 Å². The minimum atomic E-state index is -0.492. The quantitative estimate of drug-likeness (QED) is 0.812. The molecule has 0 saturated heterocycles. The molecule has 15 heavy (non-hydrogen) atoms. The first-order chi connectivity index (χ1) is 7.15. The summed E-state index contributed by atoms with van der Waals surface area (Å²) in [6, 6.07) is 5.15. The SMILES string of the molecule is NCCN1C(=O)C(=O)c2ccc(Br)cc21. The maximum absolute atomic E-state index is 11.6. The Kier molecular flexibility index (Phi) is 2.58. The summed E-state index contributed by atoms with van der Waals surface area (Å²) < 4.78 is 0.839. The molecule has 1 heterocycles. The first kappa shape index (κ1) is 10.3. The molecule has 0 fully saturated rings. The van der Waals surface area contributed by atoms with Crippen LogP contribution in [0.4, 0.5) is 5.69 Å². The molecule has 0 spiro atoms. The highest BCUT2D eigenvalue weighted by Gasteiger charge is 2.35. The highest BCUT2D eigenvalue weighted by molar-refractivity contribution is 9.10. The van der Waals surface area contributed by atoms with Gasteiger partial charge in [-0.3, -0.25) is 9.59 Å². The van der Waals surface area contributed by atoms with Crippen molar-refractivity contribution in [2.75, 3.05) is 18.0 Å². The number of anilines is 1. The monoisotopic (exact) mass is 268 g/mol. The van der Waals surface area contributed by atoms with E-state index in [2.05, 4.69) is 15.9 Å². The molecule has 0 atom stereocenters. The van der Waals surface area contributed by atoms with Crippen LogP contribution in [0.2, 0.25) is 0 Å². The second-order valence-corrected chi connectivity index (χ2v) is 4.15. The fourth-order valence-corrected chi connectivity index (χ4v) is 1.97. The summed E-state index contributed by atoms with van der Waals surface area (Å²) in [6.45, 7) is 0.707. The van der Waals surface area contributed by atoms with Crippen LogP contribution in [0.1, 0.15) is 10.4 Å². The van der Waals surface area contributed by atoms with Crippen molar-refractivity contribution in [3.63, 3.8) is 0 Å². The van der Waals surface area contributed by atoms with E-state index in [0.29, 0.717) is 24.3 Å². The summed E-state index contributed by atoms with van der Waals surface area (Å²) >= 11 is 3.30. The predicted octanol–water partition coefficient (Wildman–Crippen LogP) is 0.937. The number of hydrogen-bond donors (Lipinski definition) is 1. The number of rotatable bonds is 2. The van der Waals surface area contributed by atoms with Gasteiger partial charge in [-0.25, -0.2) is 0 Å². The van der Waals surface area contributed by atoms with Crippen molar-refractivity contribution in [1.29, 1.82) is 0 Å². The zero-order valence-corrected chi connectivity index (χ0v) is 9.45. The molecule has 0 bridgehead atoms. The highest BCUT2D eigenvalue weighted by Crippen LogP contribution is 2.31. The Hall–Kier alpha value is -1.20. The Balaban J connectivity index is 2.51. The predicted molar refractivity (Wildman–Crippen MR) is 59.9 cm³/mol. The summed E-state index contributed by atoms with van der Waals surface area (Å²) in [5.41, 5.74) is 6.49. The minimum Gasteiger partial charge on any atom is -0.329 e. The summed E-state index contributed by atoms with van der Waals surface area (Å²) in [5.74, 6) is -0.945. The van der Waals surface area contributed by atoms with Gasteiger partial charge in [0.15, 0.2) is 0 Å². The molecular weight excluding hydrogens is 260 g/mol. The number of carbonyl (C=O) groups is 2. The molecule has 0 aliphatic carbocycles. The highest BCUT2D eigenvalue weighted by atomic mass is 79.9. The van der Waals surface area contributed by atoms with E-state index in [-0.39, 0.29) is 0 Å². The van der Waals surface area contributed by atoms with Crippen LogP contribution in [0.15, 0.2) is 22.7 Å². The van der Waals surface area contributed by atoms with E-state index in [1.807, 2.05) is 0 Å². The summed E-state index contributed by atoms with van der Waals surface area (Å²) in [5, 5.41) is 0. The number of Topliss-reactive ketones (excluding diaryl/α,β-unsaturated/α-hetero) is 1.